The molecule has 0 spiro atoms. The minimum atomic E-state index is -3.98. The smallest absolute Gasteiger partial charge is 0.554 e. The molecule has 1 aliphatic carbocycles. The van der Waals surface area contributed by atoms with Gasteiger partial charge in [0.1, 0.15) is 48.2 Å². The first kappa shape index (κ1) is 59.8. The third kappa shape index (κ3) is 14.1. The van der Waals surface area contributed by atoms with Crippen molar-refractivity contribution in [3.05, 3.63) is 11.1 Å². The summed E-state index contributed by atoms with van der Waals surface area (Å²) < 4.78 is 85.9. The molecular weight excluding hydrogens is 977 g/mol. The lowest BCUT2D eigenvalue weighted by molar-refractivity contribution is -0.296. The summed E-state index contributed by atoms with van der Waals surface area (Å²) in [5.74, 6) is 0.695. The van der Waals surface area contributed by atoms with Crippen molar-refractivity contribution >= 4 is 119 Å². The SMILES string of the molecule is CC1(C)CC(C)(C(O[SiH3])=C(O[Si](O[Si](C)(C)C)(O[Si](C)(C)C)O[Si](C)(C)C)[SiH2]O[Si](C)(C)C(O[Si](C)(C)C)(O[Si](C)(C)C)O[Si](C)(C)C)C(C)(O[SiH3])C(C)(O[SiH3])C1(C)O[SiH3]. The summed E-state index contributed by atoms with van der Waals surface area (Å²) in [5, 5.41) is 0.615. The average Bonchev–Trinajstić information content (AvgIpc) is 2.96. The Bertz CT molecular complexity index is 1400. The fourth-order valence-corrected chi connectivity index (χ4v) is 36.4. The zero-order chi connectivity index (χ0) is 48.1. The van der Waals surface area contributed by atoms with Gasteiger partial charge in [-0.1, -0.05) is 13.8 Å². The Hall–Kier alpha value is 1.76. The van der Waals surface area contributed by atoms with Gasteiger partial charge in [-0.25, -0.2) is 0 Å². The largest absolute Gasteiger partial charge is 0.717 e. The maximum atomic E-state index is 7.65. The first-order valence-corrected chi connectivity index (χ1v) is 51.2. The van der Waals surface area contributed by atoms with Gasteiger partial charge in [0.05, 0.1) is 16.6 Å². The second kappa shape index (κ2) is 19.4. The van der Waals surface area contributed by atoms with Crippen LogP contribution in [0.1, 0.15) is 48.0 Å². The highest BCUT2D eigenvalue weighted by Crippen LogP contribution is 2.66. The van der Waals surface area contributed by atoms with Crippen molar-refractivity contribution in [2.75, 3.05) is 0 Å². The summed E-state index contributed by atoms with van der Waals surface area (Å²) in [6, 6.07) is 0. The molecular formula is C35H94O12Si13. The molecule has 25 heteroatoms. The highest BCUT2D eigenvalue weighted by Gasteiger charge is 2.74. The fraction of sp³-hybridized carbons (Fsp3) is 0.943. The van der Waals surface area contributed by atoms with E-state index in [1.54, 1.807) is 0 Å². The van der Waals surface area contributed by atoms with Gasteiger partial charge in [-0.05, 0) is 170 Å². The van der Waals surface area contributed by atoms with Crippen molar-refractivity contribution < 1.29 is 51.9 Å². The highest BCUT2D eigenvalue weighted by atomic mass is 28.5. The quantitative estimate of drug-likeness (QED) is 0.0771. The molecule has 4 atom stereocenters. The van der Waals surface area contributed by atoms with E-state index < -0.39 is 110 Å². The number of rotatable bonds is 23. The van der Waals surface area contributed by atoms with Crippen LogP contribution in [0, 0.1) is 10.8 Å². The maximum Gasteiger partial charge on any atom is 0.717 e. The van der Waals surface area contributed by atoms with Gasteiger partial charge in [0.15, 0.2) is 49.9 Å². The molecule has 1 saturated carbocycles. The third-order valence-corrected chi connectivity index (χ3v) is 34.5. The van der Waals surface area contributed by atoms with Crippen LogP contribution < -0.4 is 0 Å². The third-order valence-electron chi connectivity index (χ3n) is 11.3. The highest BCUT2D eigenvalue weighted by molar-refractivity contribution is 6.88. The second-order valence-corrected chi connectivity index (χ2v) is 61.3. The molecule has 0 saturated heterocycles. The number of hydrogen-bond donors (Lipinski definition) is 0. The van der Waals surface area contributed by atoms with Gasteiger partial charge in [-0.3, -0.25) is 0 Å². The van der Waals surface area contributed by atoms with E-state index in [-0.39, 0.29) is 0 Å². The Morgan fingerprint density at radius 1 is 0.483 bits per heavy atom. The molecule has 0 N–H and O–H groups in total. The average molecular weight is 1070 g/mol. The van der Waals surface area contributed by atoms with Crippen LogP contribution >= 0.6 is 0 Å². The van der Waals surface area contributed by atoms with E-state index in [1.165, 1.54) is 0 Å². The molecule has 358 valence electrons. The van der Waals surface area contributed by atoms with Crippen LogP contribution in [-0.2, 0) is 51.9 Å². The fourth-order valence-electron chi connectivity index (χ4n) is 8.59. The lowest BCUT2D eigenvalue weighted by Gasteiger charge is -2.70. The molecule has 12 nitrogen and oxygen atoms in total. The van der Waals surface area contributed by atoms with Crippen molar-refractivity contribution in [1.82, 2.24) is 0 Å². The van der Waals surface area contributed by atoms with Crippen LogP contribution in [0.3, 0.4) is 0 Å². The lowest BCUT2D eigenvalue weighted by Crippen LogP contribution is -2.80. The normalized spacial score (nSPS) is 27.6. The zero-order valence-electron chi connectivity index (χ0n) is 44.3. The Morgan fingerprint density at radius 3 is 1.08 bits per heavy atom. The Kier molecular flexibility index (Phi) is 19.3. The van der Waals surface area contributed by atoms with Gasteiger partial charge in [0, 0.05) is 0 Å². The van der Waals surface area contributed by atoms with Crippen LogP contribution in [0.2, 0.25) is 131 Å². The molecule has 1 aliphatic rings. The molecule has 0 aromatic rings. The van der Waals surface area contributed by atoms with Crippen LogP contribution in [-0.4, -0.2) is 141 Å². The van der Waals surface area contributed by atoms with E-state index in [4.69, 9.17) is 51.9 Å². The first-order valence-electron chi connectivity index (χ1n) is 21.6. The van der Waals surface area contributed by atoms with Crippen molar-refractivity contribution in [3.63, 3.8) is 0 Å². The van der Waals surface area contributed by atoms with E-state index in [0.29, 0.717) is 59.5 Å². The lowest BCUT2D eigenvalue weighted by atomic mass is 9.45. The Labute approximate surface area is 391 Å². The molecule has 0 bridgehead atoms. The van der Waals surface area contributed by atoms with E-state index in [9.17, 15) is 0 Å². The summed E-state index contributed by atoms with van der Waals surface area (Å²) >= 11 is 0. The van der Waals surface area contributed by atoms with Crippen LogP contribution in [0.15, 0.2) is 11.1 Å². The van der Waals surface area contributed by atoms with Crippen molar-refractivity contribution in [2.45, 2.75) is 201 Å². The topological polar surface area (TPSA) is 111 Å². The summed E-state index contributed by atoms with van der Waals surface area (Å²) in [5.41, 5.74) is -4.95. The molecule has 0 amide bonds. The van der Waals surface area contributed by atoms with Crippen LogP contribution in [0.4, 0.5) is 0 Å². The minimum Gasteiger partial charge on any atom is -0.554 e. The summed E-state index contributed by atoms with van der Waals surface area (Å²) in [4.78, 5) is 0. The van der Waals surface area contributed by atoms with E-state index >= 15 is 0 Å². The van der Waals surface area contributed by atoms with E-state index in [2.05, 4.69) is 172 Å². The molecule has 4 unspecified atom stereocenters. The molecule has 60 heavy (non-hydrogen) atoms. The predicted molar refractivity (Wildman–Crippen MR) is 286 cm³/mol. The maximum absolute atomic E-state index is 7.65. The van der Waals surface area contributed by atoms with Crippen molar-refractivity contribution in [1.29, 1.82) is 0 Å². The van der Waals surface area contributed by atoms with E-state index in [0.717, 1.165) is 0 Å². The molecule has 0 aromatic heterocycles. The molecule has 0 aromatic carbocycles. The van der Waals surface area contributed by atoms with E-state index in [1.807, 2.05) is 0 Å². The molecule has 0 heterocycles. The van der Waals surface area contributed by atoms with Gasteiger partial charge in [-0.15, -0.1) is 0 Å². The standard InChI is InChI=1S/C35H94O12Si13/c1-30(2)27-31(3,33(5,39-50)34(6,40-51)32(30,4)38-49)28(36-48)29(37-60(45-56(16,17)18,46-57(19,20)21)47-58(22,23)24)52-44-59(25,26)35(41-53(7,8)9,42-54(10,11)12)43-55(13,14)15/h27,52H2,1-26,48-51H3. The Morgan fingerprint density at radius 2 is 0.817 bits per heavy atom. The predicted octanol–water partition coefficient (Wildman–Crippen LogP) is 5.12. The van der Waals surface area contributed by atoms with Gasteiger partial charge in [0.25, 0.3) is 13.9 Å². The minimum absolute atomic E-state index is 0.368. The van der Waals surface area contributed by atoms with Crippen molar-refractivity contribution in [2.24, 2.45) is 10.8 Å². The summed E-state index contributed by atoms with van der Waals surface area (Å²) in [6.07, 6.45) is 0.658. The Balaban J connectivity index is 4.73. The monoisotopic (exact) mass is 1070 g/mol. The van der Waals surface area contributed by atoms with Crippen LogP contribution in [0.5, 0.6) is 0 Å². The number of hydrogen-bond acceptors (Lipinski definition) is 12. The zero-order valence-corrected chi connectivity index (χ0v) is 61.7. The van der Waals surface area contributed by atoms with Gasteiger partial charge >= 0.3 is 9.05 Å². The van der Waals surface area contributed by atoms with Gasteiger partial charge < -0.3 is 51.9 Å². The molecule has 1 fully saturated rings. The van der Waals surface area contributed by atoms with Crippen molar-refractivity contribution in [3.8, 4) is 0 Å². The molecule has 0 aliphatic heterocycles. The van der Waals surface area contributed by atoms with Gasteiger partial charge in [0.2, 0.25) is 20.2 Å². The van der Waals surface area contributed by atoms with Gasteiger partial charge in [-0.2, -0.15) is 0 Å². The first-order chi connectivity index (χ1) is 26.1. The summed E-state index contributed by atoms with van der Waals surface area (Å²) in [6.45, 7) is 56.9. The summed E-state index contributed by atoms with van der Waals surface area (Å²) in [7, 11) is -21.2. The molecule has 1 rings (SSSR count). The second-order valence-electron chi connectivity index (χ2n) is 24.3. The van der Waals surface area contributed by atoms with Crippen LogP contribution in [0.25, 0.3) is 0 Å². The molecule has 0 radical (unpaired) electrons.